The summed E-state index contributed by atoms with van der Waals surface area (Å²) in [6.07, 6.45) is 2.56. The Balaban J connectivity index is 2.03. The number of ether oxygens (including phenoxy) is 1. The molecule has 128 valence electrons. The molecule has 1 N–H and O–H groups in total. The number of carbonyl (C=O) groups excluding carboxylic acids is 1. The lowest BCUT2D eigenvalue weighted by atomic mass is 9.94. The number of benzene rings is 1. The van der Waals surface area contributed by atoms with Crippen molar-refractivity contribution in [2.75, 3.05) is 6.54 Å². The second kappa shape index (κ2) is 7.54. The standard InChI is InChI=1S/C18H26ClNO3/c1-18(2,3)23-17(22)20-11-5-4-6-15(20)12-16(21)13-7-9-14(19)10-8-13/h7-10,15-16,21H,4-6,11-12H2,1-3H3. The van der Waals surface area contributed by atoms with Crippen LogP contribution in [0.3, 0.4) is 0 Å². The van der Waals surface area contributed by atoms with Crippen LogP contribution in [0.15, 0.2) is 24.3 Å². The largest absolute Gasteiger partial charge is 0.444 e. The van der Waals surface area contributed by atoms with Crippen LogP contribution in [0.5, 0.6) is 0 Å². The maximum absolute atomic E-state index is 12.4. The predicted molar refractivity (Wildman–Crippen MR) is 91.6 cm³/mol. The summed E-state index contributed by atoms with van der Waals surface area (Å²) in [6, 6.07) is 7.20. The Morgan fingerprint density at radius 2 is 2.00 bits per heavy atom. The van der Waals surface area contributed by atoms with Gasteiger partial charge in [-0.05, 0) is 64.2 Å². The van der Waals surface area contributed by atoms with Crippen molar-refractivity contribution in [2.45, 2.75) is 64.2 Å². The normalized spacial score (nSPS) is 20.2. The summed E-state index contributed by atoms with van der Waals surface area (Å²) >= 11 is 5.88. The number of likely N-dealkylation sites (tertiary alicyclic amines) is 1. The molecule has 1 aliphatic heterocycles. The molecule has 23 heavy (non-hydrogen) atoms. The minimum Gasteiger partial charge on any atom is -0.444 e. The molecular weight excluding hydrogens is 314 g/mol. The summed E-state index contributed by atoms with van der Waals surface area (Å²) in [6.45, 7) is 6.29. The highest BCUT2D eigenvalue weighted by Gasteiger charge is 2.31. The van der Waals surface area contributed by atoms with Gasteiger partial charge in [0.2, 0.25) is 0 Å². The molecule has 1 fully saturated rings. The highest BCUT2D eigenvalue weighted by atomic mass is 35.5. The van der Waals surface area contributed by atoms with E-state index in [0.29, 0.717) is 18.0 Å². The molecule has 4 nitrogen and oxygen atoms in total. The fourth-order valence-corrected chi connectivity index (χ4v) is 3.01. The molecule has 1 aliphatic rings. The average molecular weight is 340 g/mol. The number of halogens is 1. The molecule has 0 aromatic heterocycles. The Bertz CT molecular complexity index is 524. The fraction of sp³-hybridized carbons (Fsp3) is 0.611. The lowest BCUT2D eigenvalue weighted by molar-refractivity contribution is 0.00237. The highest BCUT2D eigenvalue weighted by molar-refractivity contribution is 6.30. The zero-order chi connectivity index (χ0) is 17.0. The zero-order valence-corrected chi connectivity index (χ0v) is 14.8. The van der Waals surface area contributed by atoms with Gasteiger partial charge in [0.15, 0.2) is 0 Å². The van der Waals surface area contributed by atoms with Gasteiger partial charge in [-0.25, -0.2) is 4.79 Å². The van der Waals surface area contributed by atoms with Gasteiger partial charge in [-0.2, -0.15) is 0 Å². The van der Waals surface area contributed by atoms with E-state index in [1.54, 1.807) is 17.0 Å². The smallest absolute Gasteiger partial charge is 0.410 e. The number of amides is 1. The summed E-state index contributed by atoms with van der Waals surface area (Å²) in [5, 5.41) is 11.1. The molecule has 2 unspecified atom stereocenters. The maximum atomic E-state index is 12.4. The molecule has 5 heteroatoms. The van der Waals surface area contributed by atoms with E-state index in [-0.39, 0.29) is 12.1 Å². The predicted octanol–water partition coefficient (Wildman–Crippen LogP) is 4.55. The zero-order valence-electron chi connectivity index (χ0n) is 14.1. The molecule has 1 amide bonds. The average Bonchev–Trinajstić information content (AvgIpc) is 2.46. The minimum absolute atomic E-state index is 0.00396. The van der Waals surface area contributed by atoms with Crippen LogP contribution in [0.2, 0.25) is 5.02 Å². The van der Waals surface area contributed by atoms with Crippen LogP contribution in [0.1, 0.15) is 58.1 Å². The van der Waals surface area contributed by atoms with Gasteiger partial charge in [-0.1, -0.05) is 23.7 Å². The number of carbonyl (C=O) groups is 1. The number of nitrogens with zero attached hydrogens (tertiary/aromatic N) is 1. The van der Waals surface area contributed by atoms with Gasteiger partial charge in [0, 0.05) is 17.6 Å². The SMILES string of the molecule is CC(C)(C)OC(=O)N1CCCCC1CC(O)c1ccc(Cl)cc1. The van der Waals surface area contributed by atoms with Crippen molar-refractivity contribution in [3.63, 3.8) is 0 Å². The van der Waals surface area contributed by atoms with Gasteiger partial charge < -0.3 is 14.7 Å². The number of hydrogen-bond acceptors (Lipinski definition) is 3. The molecule has 1 aromatic carbocycles. The first-order valence-electron chi connectivity index (χ1n) is 8.19. The summed E-state index contributed by atoms with van der Waals surface area (Å²) in [7, 11) is 0. The topological polar surface area (TPSA) is 49.8 Å². The third kappa shape index (κ3) is 5.40. The van der Waals surface area contributed by atoms with Gasteiger partial charge in [0.25, 0.3) is 0 Å². The second-order valence-corrected chi connectivity index (χ2v) is 7.56. The molecule has 0 spiro atoms. The van der Waals surface area contributed by atoms with Gasteiger partial charge >= 0.3 is 6.09 Å². The van der Waals surface area contributed by atoms with Crippen LogP contribution in [0, 0.1) is 0 Å². The lowest BCUT2D eigenvalue weighted by Crippen LogP contribution is -2.46. The van der Waals surface area contributed by atoms with E-state index < -0.39 is 11.7 Å². The first-order valence-corrected chi connectivity index (χ1v) is 8.57. The quantitative estimate of drug-likeness (QED) is 0.878. The van der Waals surface area contributed by atoms with Crippen LogP contribution in [-0.2, 0) is 4.74 Å². The maximum Gasteiger partial charge on any atom is 0.410 e. The number of piperidine rings is 1. The second-order valence-electron chi connectivity index (χ2n) is 7.13. The Labute approximate surface area is 143 Å². The van der Waals surface area contributed by atoms with E-state index in [9.17, 15) is 9.90 Å². The fourth-order valence-electron chi connectivity index (χ4n) is 2.89. The Morgan fingerprint density at radius 1 is 1.35 bits per heavy atom. The number of aliphatic hydroxyl groups is 1. The van der Waals surface area contributed by atoms with E-state index in [0.717, 1.165) is 24.8 Å². The summed E-state index contributed by atoms with van der Waals surface area (Å²) in [4.78, 5) is 14.2. The van der Waals surface area contributed by atoms with Crippen molar-refractivity contribution >= 4 is 17.7 Å². The van der Waals surface area contributed by atoms with Crippen molar-refractivity contribution in [3.05, 3.63) is 34.9 Å². The van der Waals surface area contributed by atoms with Crippen LogP contribution < -0.4 is 0 Å². The van der Waals surface area contributed by atoms with Crippen molar-refractivity contribution < 1.29 is 14.6 Å². The van der Waals surface area contributed by atoms with Crippen molar-refractivity contribution in [3.8, 4) is 0 Å². The molecule has 2 rings (SSSR count). The molecule has 2 atom stereocenters. The molecule has 1 saturated heterocycles. The Hall–Kier alpha value is -1.26. The van der Waals surface area contributed by atoms with Crippen LogP contribution in [-0.4, -0.2) is 34.3 Å². The van der Waals surface area contributed by atoms with E-state index >= 15 is 0 Å². The minimum atomic E-state index is -0.611. The molecule has 1 heterocycles. The Kier molecular flexibility index (Phi) is 5.93. The van der Waals surface area contributed by atoms with E-state index in [1.807, 2.05) is 32.9 Å². The molecular formula is C18H26ClNO3. The third-order valence-corrected chi connectivity index (χ3v) is 4.26. The summed E-state index contributed by atoms with van der Waals surface area (Å²) in [5.41, 5.74) is 0.317. The van der Waals surface area contributed by atoms with E-state index in [1.165, 1.54) is 0 Å². The van der Waals surface area contributed by atoms with Crippen molar-refractivity contribution in [2.24, 2.45) is 0 Å². The summed E-state index contributed by atoms with van der Waals surface area (Å²) < 4.78 is 5.50. The van der Waals surface area contributed by atoms with Gasteiger partial charge in [0.05, 0.1) is 6.10 Å². The van der Waals surface area contributed by atoms with Crippen molar-refractivity contribution in [1.82, 2.24) is 4.90 Å². The first-order chi connectivity index (χ1) is 10.8. The monoisotopic (exact) mass is 339 g/mol. The highest BCUT2D eigenvalue weighted by Crippen LogP contribution is 2.28. The number of aliphatic hydroxyl groups excluding tert-OH is 1. The molecule has 0 aliphatic carbocycles. The first kappa shape index (κ1) is 18.1. The van der Waals surface area contributed by atoms with E-state index in [4.69, 9.17) is 16.3 Å². The van der Waals surface area contributed by atoms with Gasteiger partial charge in [0.1, 0.15) is 5.60 Å². The summed E-state index contributed by atoms with van der Waals surface area (Å²) in [5.74, 6) is 0. The van der Waals surface area contributed by atoms with Crippen LogP contribution in [0.4, 0.5) is 4.79 Å². The van der Waals surface area contributed by atoms with Crippen LogP contribution in [0.25, 0.3) is 0 Å². The lowest BCUT2D eigenvalue weighted by Gasteiger charge is -2.37. The molecule has 0 saturated carbocycles. The van der Waals surface area contributed by atoms with Gasteiger partial charge in [-0.15, -0.1) is 0 Å². The number of hydrogen-bond donors (Lipinski definition) is 1. The van der Waals surface area contributed by atoms with Gasteiger partial charge in [-0.3, -0.25) is 0 Å². The van der Waals surface area contributed by atoms with Crippen LogP contribution >= 0.6 is 11.6 Å². The molecule has 0 radical (unpaired) electrons. The third-order valence-electron chi connectivity index (χ3n) is 4.01. The molecule has 1 aromatic rings. The number of rotatable bonds is 3. The van der Waals surface area contributed by atoms with E-state index in [2.05, 4.69) is 0 Å². The molecule has 0 bridgehead atoms. The Morgan fingerprint density at radius 3 is 2.61 bits per heavy atom. The van der Waals surface area contributed by atoms with Crippen molar-refractivity contribution in [1.29, 1.82) is 0 Å².